The number of carboxylic acid groups (broad SMARTS) is 1. The summed E-state index contributed by atoms with van der Waals surface area (Å²) in [6.45, 7) is 2.14. The van der Waals surface area contributed by atoms with E-state index in [0.717, 1.165) is 18.2 Å². The summed E-state index contributed by atoms with van der Waals surface area (Å²) in [6, 6.07) is 9.42. The van der Waals surface area contributed by atoms with E-state index in [1.54, 1.807) is 31.2 Å². The summed E-state index contributed by atoms with van der Waals surface area (Å²) in [7, 11) is 0. The number of carbonyl (C=O) groups excluding carboxylic acids is 2. The molecule has 0 saturated carbocycles. The standard InChI is InChI=1S/C16H14N2O6/c1-2-24-14-6-4-3-5-13(14)17-15(19)12-9-10(18(22)23)7-8-11(12)16(20)21/h3-9H,2H2,1H3,(H,17,19)(H,20,21)/p-1. The number of hydrogen-bond acceptors (Lipinski definition) is 6. The maximum atomic E-state index is 12.4. The van der Waals surface area contributed by atoms with Crippen molar-refractivity contribution in [2.45, 2.75) is 6.92 Å². The normalized spacial score (nSPS) is 10.0. The Labute approximate surface area is 136 Å². The number of nitro benzene ring substituents is 1. The predicted octanol–water partition coefficient (Wildman–Crippen LogP) is 1.61. The van der Waals surface area contributed by atoms with E-state index >= 15 is 0 Å². The first-order valence-electron chi connectivity index (χ1n) is 6.97. The molecule has 1 N–H and O–H groups in total. The zero-order valence-electron chi connectivity index (χ0n) is 12.6. The number of anilines is 1. The molecule has 2 aromatic carbocycles. The number of aromatic carboxylic acids is 1. The fraction of sp³-hybridized carbons (Fsp3) is 0.125. The van der Waals surface area contributed by atoms with Crippen LogP contribution in [0.5, 0.6) is 5.75 Å². The van der Waals surface area contributed by atoms with Gasteiger partial charge in [0.05, 0.1) is 28.8 Å². The molecule has 0 aromatic heterocycles. The van der Waals surface area contributed by atoms with Crippen LogP contribution in [0.25, 0.3) is 0 Å². The van der Waals surface area contributed by atoms with E-state index in [2.05, 4.69) is 5.32 Å². The highest BCUT2D eigenvalue weighted by Crippen LogP contribution is 2.25. The van der Waals surface area contributed by atoms with Gasteiger partial charge in [0.15, 0.2) is 0 Å². The fourth-order valence-corrected chi connectivity index (χ4v) is 2.05. The second-order valence-electron chi connectivity index (χ2n) is 4.66. The number of carbonyl (C=O) groups is 2. The molecular weight excluding hydrogens is 316 g/mol. The van der Waals surface area contributed by atoms with Crippen LogP contribution in [0, 0.1) is 10.1 Å². The smallest absolute Gasteiger partial charge is 0.270 e. The minimum absolute atomic E-state index is 0.320. The molecule has 0 aliphatic heterocycles. The lowest BCUT2D eigenvalue weighted by Crippen LogP contribution is -2.26. The molecule has 2 rings (SSSR count). The summed E-state index contributed by atoms with van der Waals surface area (Å²) in [6.07, 6.45) is 0. The topological polar surface area (TPSA) is 122 Å². The average Bonchev–Trinajstić information content (AvgIpc) is 2.56. The molecule has 0 radical (unpaired) electrons. The predicted molar refractivity (Wildman–Crippen MR) is 83.0 cm³/mol. The summed E-state index contributed by atoms with van der Waals surface area (Å²) >= 11 is 0. The Morgan fingerprint density at radius 3 is 2.50 bits per heavy atom. The van der Waals surface area contributed by atoms with Crippen molar-refractivity contribution in [3.05, 3.63) is 63.7 Å². The van der Waals surface area contributed by atoms with E-state index in [9.17, 15) is 24.8 Å². The number of nitro groups is 1. The monoisotopic (exact) mass is 329 g/mol. The lowest BCUT2D eigenvalue weighted by Gasteiger charge is -2.13. The molecule has 0 bridgehead atoms. The largest absolute Gasteiger partial charge is 0.545 e. The van der Waals surface area contributed by atoms with Gasteiger partial charge in [-0.2, -0.15) is 0 Å². The second-order valence-corrected chi connectivity index (χ2v) is 4.66. The van der Waals surface area contributed by atoms with Crippen molar-refractivity contribution < 1.29 is 24.4 Å². The minimum atomic E-state index is -1.60. The molecule has 1 amide bonds. The highest BCUT2D eigenvalue weighted by Gasteiger charge is 2.18. The van der Waals surface area contributed by atoms with Crippen molar-refractivity contribution in [1.29, 1.82) is 0 Å². The van der Waals surface area contributed by atoms with Crippen molar-refractivity contribution >= 4 is 23.3 Å². The first-order chi connectivity index (χ1) is 11.4. The Hall–Kier alpha value is -3.42. The van der Waals surface area contributed by atoms with Crippen LogP contribution in [0.3, 0.4) is 0 Å². The van der Waals surface area contributed by atoms with Crippen LogP contribution in [-0.2, 0) is 0 Å². The highest BCUT2D eigenvalue weighted by molar-refractivity contribution is 6.11. The highest BCUT2D eigenvalue weighted by atomic mass is 16.6. The maximum absolute atomic E-state index is 12.4. The molecule has 0 heterocycles. The van der Waals surface area contributed by atoms with Gasteiger partial charge in [0, 0.05) is 17.7 Å². The molecule has 124 valence electrons. The van der Waals surface area contributed by atoms with E-state index in [4.69, 9.17) is 4.74 Å². The third-order valence-corrected chi connectivity index (χ3v) is 3.11. The molecule has 0 atom stereocenters. The molecule has 0 spiro atoms. The molecule has 0 unspecified atom stereocenters. The molecule has 0 saturated heterocycles. The van der Waals surface area contributed by atoms with Gasteiger partial charge in [0.1, 0.15) is 5.75 Å². The molecular formula is C16H13N2O6-. The number of carboxylic acids is 1. The summed E-state index contributed by atoms with van der Waals surface area (Å²) in [5, 5.41) is 24.5. The van der Waals surface area contributed by atoms with E-state index in [1.807, 2.05) is 0 Å². The van der Waals surface area contributed by atoms with Gasteiger partial charge >= 0.3 is 0 Å². The Morgan fingerprint density at radius 1 is 1.17 bits per heavy atom. The zero-order chi connectivity index (χ0) is 17.7. The van der Waals surface area contributed by atoms with Gasteiger partial charge in [-0.05, 0) is 25.1 Å². The van der Waals surface area contributed by atoms with Crippen LogP contribution >= 0.6 is 0 Å². The summed E-state index contributed by atoms with van der Waals surface area (Å²) in [5.74, 6) is -2.02. The van der Waals surface area contributed by atoms with Crippen molar-refractivity contribution in [2.24, 2.45) is 0 Å². The third-order valence-electron chi connectivity index (χ3n) is 3.11. The maximum Gasteiger partial charge on any atom is 0.270 e. The Kier molecular flexibility index (Phi) is 5.10. The number of rotatable bonds is 6. The van der Waals surface area contributed by atoms with E-state index in [0.29, 0.717) is 18.0 Å². The number of nitrogens with zero attached hydrogens (tertiary/aromatic N) is 1. The second kappa shape index (κ2) is 7.23. The van der Waals surface area contributed by atoms with Crippen LogP contribution in [-0.4, -0.2) is 23.4 Å². The van der Waals surface area contributed by atoms with Crippen molar-refractivity contribution in [2.75, 3.05) is 11.9 Å². The summed E-state index contributed by atoms with van der Waals surface area (Å²) in [5.41, 5.74) is -0.883. The van der Waals surface area contributed by atoms with Crippen LogP contribution in [0.1, 0.15) is 27.6 Å². The molecule has 24 heavy (non-hydrogen) atoms. The summed E-state index contributed by atoms with van der Waals surface area (Å²) in [4.78, 5) is 33.7. The van der Waals surface area contributed by atoms with Gasteiger partial charge in [-0.25, -0.2) is 0 Å². The van der Waals surface area contributed by atoms with Gasteiger partial charge in [0.25, 0.3) is 11.6 Å². The quantitative estimate of drug-likeness (QED) is 0.634. The molecule has 8 nitrogen and oxygen atoms in total. The number of ether oxygens (including phenoxy) is 1. The minimum Gasteiger partial charge on any atom is -0.545 e. The SMILES string of the molecule is CCOc1ccccc1NC(=O)c1cc([N+](=O)[O-])ccc1C(=O)[O-]. The molecule has 0 aliphatic carbocycles. The lowest BCUT2D eigenvalue weighted by atomic mass is 10.1. The van der Waals surface area contributed by atoms with Gasteiger partial charge in [-0.15, -0.1) is 0 Å². The number of amides is 1. The van der Waals surface area contributed by atoms with Gasteiger partial charge < -0.3 is 20.0 Å². The number of benzene rings is 2. The van der Waals surface area contributed by atoms with Crippen molar-refractivity contribution in [3.8, 4) is 5.75 Å². The third kappa shape index (κ3) is 3.67. The Bertz CT molecular complexity index is 803. The Morgan fingerprint density at radius 2 is 1.88 bits per heavy atom. The number of para-hydroxylation sites is 2. The van der Waals surface area contributed by atoms with E-state index in [-0.39, 0.29) is 5.56 Å². The molecule has 0 fully saturated rings. The fourth-order valence-electron chi connectivity index (χ4n) is 2.05. The van der Waals surface area contributed by atoms with E-state index in [1.165, 1.54) is 0 Å². The van der Waals surface area contributed by atoms with Gasteiger partial charge in [-0.3, -0.25) is 14.9 Å². The molecule has 0 aliphatic rings. The van der Waals surface area contributed by atoms with Crippen LogP contribution in [0.2, 0.25) is 0 Å². The average molecular weight is 329 g/mol. The molecule has 8 heteroatoms. The first-order valence-corrected chi connectivity index (χ1v) is 6.97. The molecule has 2 aromatic rings. The zero-order valence-corrected chi connectivity index (χ0v) is 12.6. The van der Waals surface area contributed by atoms with Gasteiger partial charge in [0.2, 0.25) is 0 Å². The van der Waals surface area contributed by atoms with E-state index < -0.39 is 28.1 Å². The number of non-ortho nitro benzene ring substituents is 1. The summed E-state index contributed by atoms with van der Waals surface area (Å²) < 4.78 is 5.36. The van der Waals surface area contributed by atoms with Crippen molar-refractivity contribution in [1.82, 2.24) is 0 Å². The first kappa shape index (κ1) is 16.9. The van der Waals surface area contributed by atoms with Gasteiger partial charge in [-0.1, -0.05) is 12.1 Å². The van der Waals surface area contributed by atoms with Crippen LogP contribution in [0.15, 0.2) is 42.5 Å². The lowest BCUT2D eigenvalue weighted by molar-refractivity contribution is -0.384. The van der Waals surface area contributed by atoms with Crippen molar-refractivity contribution in [3.63, 3.8) is 0 Å². The Balaban J connectivity index is 2.40. The van der Waals surface area contributed by atoms with Crippen LogP contribution in [0.4, 0.5) is 11.4 Å². The van der Waals surface area contributed by atoms with Crippen LogP contribution < -0.4 is 15.2 Å². The number of nitrogens with one attached hydrogen (secondary N) is 1. The number of hydrogen-bond donors (Lipinski definition) is 1.